The Kier molecular flexibility index (Phi) is 7.97. The third-order valence-corrected chi connectivity index (χ3v) is 7.95. The molecule has 5 rings (SSSR count). The summed E-state index contributed by atoms with van der Waals surface area (Å²) in [6, 6.07) is 6.86. The number of nitrogens with one attached hydrogen (secondary N) is 3. The van der Waals surface area contributed by atoms with Gasteiger partial charge in [0.1, 0.15) is 23.0 Å². The molecule has 10 heteroatoms. The van der Waals surface area contributed by atoms with Crippen LogP contribution in [0.5, 0.6) is 0 Å². The summed E-state index contributed by atoms with van der Waals surface area (Å²) < 4.78 is 29.8. The Morgan fingerprint density at radius 3 is 2.54 bits per heavy atom. The van der Waals surface area contributed by atoms with E-state index in [1.165, 1.54) is 6.07 Å². The molecule has 3 aromatic rings. The number of halogens is 2. The minimum absolute atomic E-state index is 0.00170. The van der Waals surface area contributed by atoms with Gasteiger partial charge in [-0.2, -0.15) is 0 Å². The second kappa shape index (κ2) is 11.4. The number of likely N-dealkylation sites (tertiary alicyclic amines) is 1. The molecule has 2 unspecified atom stereocenters. The number of benzene rings is 1. The molecule has 2 aliphatic heterocycles. The number of nitrogens with zero attached hydrogens (tertiary/aromatic N) is 5. The maximum Gasteiger partial charge on any atom is 0.229 e. The Morgan fingerprint density at radius 2 is 1.87 bits per heavy atom. The lowest BCUT2D eigenvalue weighted by Gasteiger charge is -2.24. The summed E-state index contributed by atoms with van der Waals surface area (Å²) in [5.41, 5.74) is 2.11. The predicted molar refractivity (Wildman–Crippen MR) is 151 cm³/mol. The largest absolute Gasteiger partial charge is 0.316 e. The van der Waals surface area contributed by atoms with Gasteiger partial charge < -0.3 is 16.0 Å². The summed E-state index contributed by atoms with van der Waals surface area (Å²) in [4.78, 5) is 19.3. The number of aryl methyl sites for hydroxylation is 1. The van der Waals surface area contributed by atoms with Gasteiger partial charge in [0, 0.05) is 36.9 Å². The van der Waals surface area contributed by atoms with Crippen LogP contribution in [-0.4, -0.2) is 65.3 Å². The normalized spacial score (nSPS) is 19.3. The number of rotatable bonds is 10. The molecular weight excluding hydrogens is 498 g/mol. The summed E-state index contributed by atoms with van der Waals surface area (Å²) in [5, 5.41) is 9.76. The van der Waals surface area contributed by atoms with Crippen LogP contribution in [0.15, 0.2) is 41.7 Å². The first-order chi connectivity index (χ1) is 18.7. The van der Waals surface area contributed by atoms with Crippen molar-refractivity contribution in [3.63, 3.8) is 0 Å². The molecule has 39 heavy (non-hydrogen) atoms. The number of hydrogen-bond acceptors (Lipinski definition) is 8. The second-order valence-electron chi connectivity index (χ2n) is 11.2. The Morgan fingerprint density at radius 1 is 1.10 bits per heavy atom. The molecule has 8 nitrogen and oxygen atoms in total. The predicted octanol–water partition coefficient (Wildman–Crippen LogP) is 4.47. The highest BCUT2D eigenvalue weighted by molar-refractivity contribution is 5.68. The second-order valence-corrected chi connectivity index (χ2v) is 11.2. The molecule has 2 saturated heterocycles. The van der Waals surface area contributed by atoms with Gasteiger partial charge in [-0.25, -0.2) is 23.7 Å². The van der Waals surface area contributed by atoms with Crippen LogP contribution >= 0.6 is 0 Å². The smallest absolute Gasteiger partial charge is 0.229 e. The van der Waals surface area contributed by atoms with E-state index in [1.807, 2.05) is 25.4 Å². The van der Waals surface area contributed by atoms with Crippen LogP contribution in [0.4, 0.5) is 26.2 Å². The van der Waals surface area contributed by atoms with Crippen molar-refractivity contribution in [2.45, 2.75) is 38.8 Å². The van der Waals surface area contributed by atoms with Gasteiger partial charge in [0.05, 0.1) is 6.20 Å². The number of hydrogen-bond donors (Lipinski definition) is 3. The van der Waals surface area contributed by atoms with E-state index in [9.17, 15) is 8.78 Å². The molecule has 2 aromatic heterocycles. The molecule has 1 aromatic carbocycles. The van der Waals surface area contributed by atoms with E-state index in [1.54, 1.807) is 6.07 Å². The van der Waals surface area contributed by atoms with Gasteiger partial charge in [0.25, 0.3) is 0 Å². The molecular formula is C29H36F2N8. The highest BCUT2D eigenvalue weighted by atomic mass is 19.1. The van der Waals surface area contributed by atoms with Gasteiger partial charge in [-0.05, 0) is 94.7 Å². The van der Waals surface area contributed by atoms with Crippen molar-refractivity contribution in [2.75, 3.05) is 38.5 Å². The molecule has 0 spiro atoms. The van der Waals surface area contributed by atoms with E-state index in [2.05, 4.69) is 61.4 Å². The fourth-order valence-electron chi connectivity index (χ4n) is 5.41. The van der Waals surface area contributed by atoms with Gasteiger partial charge in [-0.1, -0.05) is 6.07 Å². The molecule has 0 bridgehead atoms. The van der Waals surface area contributed by atoms with E-state index < -0.39 is 11.6 Å². The number of fused-ring (bicyclic) bond motifs is 1. The van der Waals surface area contributed by atoms with E-state index >= 15 is 0 Å². The first-order valence-corrected chi connectivity index (χ1v) is 13.4. The van der Waals surface area contributed by atoms with Crippen LogP contribution in [0.3, 0.4) is 0 Å². The fraction of sp³-hybridized carbons (Fsp3) is 0.448. The summed E-state index contributed by atoms with van der Waals surface area (Å²) in [5.74, 6) is 1.01. The van der Waals surface area contributed by atoms with Gasteiger partial charge in [-0.3, -0.25) is 9.89 Å². The molecule has 3 N–H and O–H groups in total. The van der Waals surface area contributed by atoms with Crippen LogP contribution in [0, 0.1) is 23.5 Å². The third kappa shape index (κ3) is 6.29. The fourth-order valence-corrected chi connectivity index (χ4v) is 5.41. The summed E-state index contributed by atoms with van der Waals surface area (Å²) in [7, 11) is 1.88. The highest BCUT2D eigenvalue weighted by Crippen LogP contribution is 2.33. The first kappa shape index (κ1) is 27.2. The standard InChI is InChI=1S/C29H36F2N8/c1-29(2,33-4)8-7-19-9-20(10-23(30)26(19)32-3)27-24(31)14-36-28(38-27)37-25-6-5-18(11-35-25)15-39-16-21-12-34-13-22(21)17-39/h5-6,9-11,14,21-22,33-34H,3,7-8,12-13,15-17H2,1-2,4H3,(H,35,36,37,38). The molecule has 2 aliphatic rings. The zero-order chi connectivity index (χ0) is 27.6. The SMILES string of the molecule is C=Nc1c(F)cc(-c2nc(Nc3ccc(CN4CC5CNCC5C4)cn3)ncc2F)cc1CCC(C)(C)NC. The van der Waals surface area contributed by atoms with Crippen LogP contribution < -0.4 is 16.0 Å². The number of pyridine rings is 1. The average Bonchev–Trinajstić information content (AvgIpc) is 3.51. The van der Waals surface area contributed by atoms with Crippen molar-refractivity contribution >= 4 is 24.2 Å². The van der Waals surface area contributed by atoms with Crippen molar-refractivity contribution in [3.8, 4) is 11.3 Å². The lowest BCUT2D eigenvalue weighted by molar-refractivity contribution is 0.305. The maximum absolute atomic E-state index is 15.0. The van der Waals surface area contributed by atoms with Crippen molar-refractivity contribution in [2.24, 2.45) is 16.8 Å². The lowest BCUT2D eigenvalue weighted by atomic mass is 9.93. The topological polar surface area (TPSA) is 90.4 Å². The Balaban J connectivity index is 1.31. The van der Waals surface area contributed by atoms with Crippen LogP contribution in [-0.2, 0) is 13.0 Å². The van der Waals surface area contributed by atoms with Gasteiger partial charge in [-0.15, -0.1) is 0 Å². The number of aromatic nitrogens is 3. The zero-order valence-corrected chi connectivity index (χ0v) is 22.8. The van der Waals surface area contributed by atoms with Gasteiger partial charge in [0.2, 0.25) is 5.95 Å². The van der Waals surface area contributed by atoms with Crippen molar-refractivity contribution < 1.29 is 8.78 Å². The van der Waals surface area contributed by atoms with E-state index in [4.69, 9.17) is 0 Å². The molecule has 206 valence electrons. The van der Waals surface area contributed by atoms with Crippen molar-refractivity contribution in [1.29, 1.82) is 0 Å². The Bertz CT molecular complexity index is 1320. The molecule has 4 heterocycles. The van der Waals surface area contributed by atoms with Gasteiger partial charge in [0.15, 0.2) is 5.82 Å². The minimum atomic E-state index is -0.644. The quantitative estimate of drug-likeness (QED) is 0.331. The van der Waals surface area contributed by atoms with Crippen LogP contribution in [0.1, 0.15) is 31.4 Å². The summed E-state index contributed by atoms with van der Waals surface area (Å²) >= 11 is 0. The third-order valence-electron chi connectivity index (χ3n) is 7.95. The average molecular weight is 535 g/mol. The Labute approximate surface area is 228 Å². The molecule has 2 atom stereocenters. The van der Waals surface area contributed by atoms with Gasteiger partial charge >= 0.3 is 0 Å². The monoisotopic (exact) mass is 534 g/mol. The number of anilines is 2. The molecule has 0 radical (unpaired) electrons. The molecule has 0 saturated carbocycles. The van der Waals surface area contributed by atoms with Crippen LogP contribution in [0.25, 0.3) is 11.3 Å². The molecule has 2 fully saturated rings. The van der Waals surface area contributed by atoms with E-state index in [0.29, 0.717) is 23.4 Å². The number of aliphatic imine (C=N–C) groups is 1. The van der Waals surface area contributed by atoms with Crippen molar-refractivity contribution in [1.82, 2.24) is 30.5 Å². The maximum atomic E-state index is 15.0. The van der Waals surface area contributed by atoms with Crippen molar-refractivity contribution in [3.05, 3.63) is 59.4 Å². The molecule has 0 aliphatic carbocycles. The zero-order valence-electron chi connectivity index (χ0n) is 22.8. The summed E-state index contributed by atoms with van der Waals surface area (Å²) in [6.45, 7) is 13.0. The van der Waals surface area contributed by atoms with Crippen LogP contribution in [0.2, 0.25) is 0 Å². The first-order valence-electron chi connectivity index (χ1n) is 13.4. The molecule has 0 amide bonds. The summed E-state index contributed by atoms with van der Waals surface area (Å²) in [6.07, 6.45) is 4.19. The highest BCUT2D eigenvalue weighted by Gasteiger charge is 2.35. The lowest BCUT2D eigenvalue weighted by Crippen LogP contribution is -2.36. The minimum Gasteiger partial charge on any atom is -0.316 e. The van der Waals surface area contributed by atoms with E-state index in [-0.39, 0.29) is 22.9 Å². The van der Waals surface area contributed by atoms with E-state index in [0.717, 1.165) is 62.7 Å². The Hall–Kier alpha value is -3.34.